The molecule has 0 aliphatic rings. The van der Waals surface area contributed by atoms with Gasteiger partial charge in [0.05, 0.1) is 14.2 Å². The standard InChI is InChI=1S/C16H25NO3/c1-6-7-15(18)17-11-16(2,3)12-8-9-13(19-4)14(10-12)20-5/h8-10H,6-7,11H2,1-5H3,(H,17,18). The fourth-order valence-electron chi connectivity index (χ4n) is 1.99. The van der Waals surface area contributed by atoms with Gasteiger partial charge in [0.15, 0.2) is 11.5 Å². The van der Waals surface area contributed by atoms with E-state index in [1.807, 2.05) is 25.1 Å². The molecule has 0 bridgehead atoms. The molecule has 20 heavy (non-hydrogen) atoms. The number of carbonyl (C=O) groups excluding carboxylic acids is 1. The van der Waals surface area contributed by atoms with Crippen LogP contribution in [-0.4, -0.2) is 26.7 Å². The summed E-state index contributed by atoms with van der Waals surface area (Å²) in [4.78, 5) is 11.6. The molecule has 0 heterocycles. The third-order valence-corrected chi connectivity index (χ3v) is 3.37. The lowest BCUT2D eigenvalue weighted by molar-refractivity contribution is -0.121. The smallest absolute Gasteiger partial charge is 0.220 e. The van der Waals surface area contributed by atoms with Crippen LogP contribution in [-0.2, 0) is 10.2 Å². The largest absolute Gasteiger partial charge is 0.493 e. The van der Waals surface area contributed by atoms with Gasteiger partial charge in [-0.1, -0.05) is 26.8 Å². The maximum Gasteiger partial charge on any atom is 0.220 e. The zero-order chi connectivity index (χ0) is 15.2. The Morgan fingerprint density at radius 1 is 1.20 bits per heavy atom. The van der Waals surface area contributed by atoms with E-state index >= 15 is 0 Å². The molecule has 1 N–H and O–H groups in total. The number of nitrogens with one attached hydrogen (secondary N) is 1. The highest BCUT2D eigenvalue weighted by Gasteiger charge is 2.22. The van der Waals surface area contributed by atoms with Crippen molar-refractivity contribution in [3.63, 3.8) is 0 Å². The molecular weight excluding hydrogens is 254 g/mol. The summed E-state index contributed by atoms with van der Waals surface area (Å²) in [6.07, 6.45) is 1.44. The summed E-state index contributed by atoms with van der Waals surface area (Å²) in [5.41, 5.74) is 0.940. The van der Waals surface area contributed by atoms with Crippen molar-refractivity contribution in [3.8, 4) is 11.5 Å². The van der Waals surface area contributed by atoms with Crippen LogP contribution >= 0.6 is 0 Å². The molecule has 0 atom stereocenters. The van der Waals surface area contributed by atoms with Crippen molar-refractivity contribution in [1.29, 1.82) is 0 Å². The van der Waals surface area contributed by atoms with E-state index in [2.05, 4.69) is 19.2 Å². The summed E-state index contributed by atoms with van der Waals surface area (Å²) >= 11 is 0. The van der Waals surface area contributed by atoms with Gasteiger partial charge in [-0.25, -0.2) is 0 Å². The van der Waals surface area contributed by atoms with Crippen molar-refractivity contribution >= 4 is 5.91 Å². The lowest BCUT2D eigenvalue weighted by Crippen LogP contribution is -2.36. The molecule has 0 saturated carbocycles. The molecule has 0 spiro atoms. The van der Waals surface area contributed by atoms with Crippen molar-refractivity contribution in [2.75, 3.05) is 20.8 Å². The molecule has 1 aromatic carbocycles. The second kappa shape index (κ2) is 7.17. The number of amides is 1. The van der Waals surface area contributed by atoms with Crippen LogP contribution in [0.5, 0.6) is 11.5 Å². The first-order chi connectivity index (χ1) is 9.44. The lowest BCUT2D eigenvalue weighted by Gasteiger charge is -2.26. The third kappa shape index (κ3) is 4.15. The first-order valence-corrected chi connectivity index (χ1v) is 6.93. The second-order valence-corrected chi connectivity index (χ2v) is 5.48. The van der Waals surface area contributed by atoms with E-state index in [1.54, 1.807) is 14.2 Å². The van der Waals surface area contributed by atoms with Gasteiger partial charge in [-0.15, -0.1) is 0 Å². The zero-order valence-corrected chi connectivity index (χ0v) is 13.1. The van der Waals surface area contributed by atoms with Gasteiger partial charge in [0.25, 0.3) is 0 Å². The minimum absolute atomic E-state index is 0.0982. The average molecular weight is 279 g/mol. The molecule has 0 aromatic heterocycles. The van der Waals surface area contributed by atoms with Crippen molar-refractivity contribution in [3.05, 3.63) is 23.8 Å². The highest BCUT2D eigenvalue weighted by molar-refractivity contribution is 5.75. The Hall–Kier alpha value is -1.71. The van der Waals surface area contributed by atoms with Gasteiger partial charge in [0, 0.05) is 18.4 Å². The molecule has 0 radical (unpaired) electrons. The van der Waals surface area contributed by atoms with E-state index in [1.165, 1.54) is 0 Å². The maximum atomic E-state index is 11.6. The van der Waals surface area contributed by atoms with Crippen molar-refractivity contribution in [1.82, 2.24) is 5.32 Å². The summed E-state index contributed by atoms with van der Waals surface area (Å²) < 4.78 is 10.6. The quantitative estimate of drug-likeness (QED) is 0.835. The highest BCUT2D eigenvalue weighted by atomic mass is 16.5. The summed E-state index contributed by atoms with van der Waals surface area (Å²) in [7, 11) is 3.24. The Labute approximate surface area is 121 Å². The number of carbonyl (C=O) groups is 1. The van der Waals surface area contributed by atoms with Crippen molar-refractivity contribution in [2.24, 2.45) is 0 Å². The molecule has 4 heteroatoms. The van der Waals surface area contributed by atoms with E-state index in [0.29, 0.717) is 24.5 Å². The average Bonchev–Trinajstić information content (AvgIpc) is 2.44. The highest BCUT2D eigenvalue weighted by Crippen LogP contribution is 2.32. The van der Waals surface area contributed by atoms with Gasteiger partial charge in [-0.05, 0) is 24.1 Å². The van der Waals surface area contributed by atoms with Gasteiger partial charge in [0.1, 0.15) is 0 Å². The van der Waals surface area contributed by atoms with Crippen LogP contribution in [0, 0.1) is 0 Å². The third-order valence-electron chi connectivity index (χ3n) is 3.37. The van der Waals surface area contributed by atoms with E-state index in [-0.39, 0.29) is 11.3 Å². The van der Waals surface area contributed by atoms with Crippen LogP contribution in [0.15, 0.2) is 18.2 Å². The van der Waals surface area contributed by atoms with Crippen LogP contribution in [0.3, 0.4) is 0 Å². The van der Waals surface area contributed by atoms with E-state index in [9.17, 15) is 4.79 Å². The molecule has 0 fully saturated rings. The summed E-state index contributed by atoms with van der Waals surface area (Å²) in [6, 6.07) is 5.86. The summed E-state index contributed by atoms with van der Waals surface area (Å²) in [5.74, 6) is 1.51. The van der Waals surface area contributed by atoms with Gasteiger partial charge >= 0.3 is 0 Å². The summed E-state index contributed by atoms with van der Waals surface area (Å²) in [5, 5.41) is 2.98. The molecule has 1 aromatic rings. The molecule has 1 amide bonds. The molecular formula is C16H25NO3. The van der Waals surface area contributed by atoms with Crippen LogP contribution in [0.2, 0.25) is 0 Å². The Morgan fingerprint density at radius 3 is 2.40 bits per heavy atom. The Balaban J connectivity index is 2.83. The molecule has 0 aliphatic carbocycles. The Morgan fingerprint density at radius 2 is 1.85 bits per heavy atom. The molecule has 1 rings (SSSR count). The van der Waals surface area contributed by atoms with Crippen molar-refractivity contribution in [2.45, 2.75) is 39.0 Å². The Kier molecular flexibility index (Phi) is 5.86. The number of methoxy groups -OCH3 is 2. The number of hydrogen-bond acceptors (Lipinski definition) is 3. The van der Waals surface area contributed by atoms with E-state index in [0.717, 1.165) is 12.0 Å². The molecule has 112 valence electrons. The van der Waals surface area contributed by atoms with Crippen molar-refractivity contribution < 1.29 is 14.3 Å². The molecule has 4 nitrogen and oxygen atoms in total. The minimum atomic E-state index is -0.164. The Bertz CT molecular complexity index is 455. The number of benzene rings is 1. The molecule has 0 saturated heterocycles. The second-order valence-electron chi connectivity index (χ2n) is 5.48. The van der Waals surface area contributed by atoms with Crippen LogP contribution in [0.1, 0.15) is 39.2 Å². The van der Waals surface area contributed by atoms with Crippen LogP contribution in [0.4, 0.5) is 0 Å². The van der Waals surface area contributed by atoms with Gasteiger partial charge in [0.2, 0.25) is 5.91 Å². The first kappa shape index (κ1) is 16.3. The predicted octanol–water partition coefficient (Wildman–Crippen LogP) is 2.90. The minimum Gasteiger partial charge on any atom is -0.493 e. The molecule has 0 unspecified atom stereocenters. The van der Waals surface area contributed by atoms with Crippen LogP contribution < -0.4 is 14.8 Å². The monoisotopic (exact) mass is 279 g/mol. The summed E-state index contributed by atoms with van der Waals surface area (Å²) in [6.45, 7) is 6.79. The van der Waals surface area contributed by atoms with E-state index < -0.39 is 0 Å². The maximum absolute atomic E-state index is 11.6. The number of hydrogen-bond donors (Lipinski definition) is 1. The topological polar surface area (TPSA) is 47.6 Å². The van der Waals surface area contributed by atoms with Gasteiger partial charge < -0.3 is 14.8 Å². The fourth-order valence-corrected chi connectivity index (χ4v) is 1.99. The normalized spacial score (nSPS) is 11.1. The van der Waals surface area contributed by atoms with E-state index in [4.69, 9.17) is 9.47 Å². The zero-order valence-electron chi connectivity index (χ0n) is 13.1. The fraction of sp³-hybridized carbons (Fsp3) is 0.562. The van der Waals surface area contributed by atoms with Gasteiger partial charge in [-0.2, -0.15) is 0 Å². The number of rotatable bonds is 7. The number of ether oxygens (including phenoxy) is 2. The van der Waals surface area contributed by atoms with Crippen LogP contribution in [0.25, 0.3) is 0 Å². The predicted molar refractivity (Wildman–Crippen MR) is 80.5 cm³/mol. The van der Waals surface area contributed by atoms with Gasteiger partial charge in [-0.3, -0.25) is 4.79 Å². The first-order valence-electron chi connectivity index (χ1n) is 6.93. The lowest BCUT2D eigenvalue weighted by atomic mass is 9.84. The molecule has 0 aliphatic heterocycles. The SMILES string of the molecule is CCCC(=O)NCC(C)(C)c1ccc(OC)c(OC)c1.